The Balaban J connectivity index is 2.42. The first-order valence-corrected chi connectivity index (χ1v) is 6.65. The van der Waals surface area contributed by atoms with Crippen LogP contribution in [-0.2, 0) is 11.8 Å². The van der Waals surface area contributed by atoms with Crippen molar-refractivity contribution >= 4 is 23.6 Å². The van der Waals surface area contributed by atoms with Crippen LogP contribution in [-0.4, -0.2) is 20.9 Å². The van der Waals surface area contributed by atoms with E-state index in [9.17, 15) is 4.79 Å². The molecule has 1 heterocycles. The van der Waals surface area contributed by atoms with E-state index in [1.807, 2.05) is 20.9 Å². The number of carboxylic acid groups (broad SMARTS) is 1. The molecule has 1 aromatic carbocycles. The number of rotatable bonds is 4. The number of benzene rings is 1. The summed E-state index contributed by atoms with van der Waals surface area (Å²) in [4.78, 5) is 10.7. The summed E-state index contributed by atoms with van der Waals surface area (Å²) in [5.74, 6) is 0.149. The highest BCUT2D eigenvalue weighted by Crippen LogP contribution is 2.32. The molecule has 0 saturated carbocycles. The van der Waals surface area contributed by atoms with Gasteiger partial charge in [0.25, 0.3) is 0 Å². The van der Waals surface area contributed by atoms with Gasteiger partial charge >= 0.3 is 5.97 Å². The number of hydrogen-bond donors (Lipinski definition) is 1. The minimum atomic E-state index is -1.03. The number of hydrogen-bond acceptors (Lipinski definition) is 3. The van der Waals surface area contributed by atoms with Crippen LogP contribution < -0.4 is 4.74 Å². The van der Waals surface area contributed by atoms with Gasteiger partial charge in [0.15, 0.2) is 5.75 Å². The molecule has 0 amide bonds. The van der Waals surface area contributed by atoms with Crippen LogP contribution in [0.1, 0.15) is 17.0 Å². The second-order valence-electron chi connectivity index (χ2n) is 4.58. The lowest BCUT2D eigenvalue weighted by molar-refractivity contribution is -0.131. The summed E-state index contributed by atoms with van der Waals surface area (Å²) in [6.07, 6.45) is 2.49. The molecule has 0 unspecified atom stereocenters. The van der Waals surface area contributed by atoms with Crippen LogP contribution >= 0.6 is 11.6 Å². The van der Waals surface area contributed by atoms with E-state index in [-0.39, 0.29) is 0 Å². The molecule has 2 aromatic rings. The van der Waals surface area contributed by atoms with E-state index >= 15 is 0 Å². The largest absolute Gasteiger partial charge is 0.478 e. The molecule has 5 nitrogen and oxygen atoms in total. The number of aryl methyl sites for hydroxylation is 2. The molecule has 0 atom stereocenters. The van der Waals surface area contributed by atoms with Crippen LogP contribution in [0, 0.1) is 13.8 Å². The van der Waals surface area contributed by atoms with Gasteiger partial charge in [-0.3, -0.25) is 4.68 Å². The first kappa shape index (κ1) is 15.1. The maximum absolute atomic E-state index is 10.7. The Morgan fingerprint density at radius 1 is 1.43 bits per heavy atom. The van der Waals surface area contributed by atoms with E-state index in [2.05, 4.69) is 5.10 Å². The fourth-order valence-electron chi connectivity index (χ4n) is 1.92. The molecule has 1 aromatic heterocycles. The SMILES string of the molecule is Cc1nn(C)c(C)c1Oc1ccc(Cl)cc1/C=C/C(=O)O. The van der Waals surface area contributed by atoms with E-state index in [1.54, 1.807) is 22.9 Å². The highest BCUT2D eigenvalue weighted by molar-refractivity contribution is 6.30. The average molecular weight is 307 g/mol. The minimum absolute atomic E-state index is 0.506. The quantitative estimate of drug-likeness (QED) is 0.877. The number of aromatic nitrogens is 2. The van der Waals surface area contributed by atoms with E-state index < -0.39 is 5.97 Å². The predicted octanol–water partition coefficient (Wildman–Crippen LogP) is 3.58. The van der Waals surface area contributed by atoms with Crippen molar-refractivity contribution in [2.45, 2.75) is 13.8 Å². The molecule has 0 spiro atoms. The highest BCUT2D eigenvalue weighted by atomic mass is 35.5. The molecule has 6 heteroatoms. The van der Waals surface area contributed by atoms with Crippen molar-refractivity contribution in [3.05, 3.63) is 46.2 Å². The molecule has 0 aliphatic carbocycles. The standard InChI is InChI=1S/C15H15ClN2O3/c1-9-15(10(2)18(3)17-9)21-13-6-5-12(16)8-11(13)4-7-14(19)20/h4-8H,1-3H3,(H,19,20)/b7-4+. The van der Waals surface area contributed by atoms with Gasteiger partial charge < -0.3 is 9.84 Å². The summed E-state index contributed by atoms with van der Waals surface area (Å²) in [6, 6.07) is 5.04. The first-order chi connectivity index (χ1) is 9.88. The van der Waals surface area contributed by atoms with Gasteiger partial charge in [0.2, 0.25) is 0 Å². The van der Waals surface area contributed by atoms with Crippen molar-refractivity contribution in [3.63, 3.8) is 0 Å². The summed E-state index contributed by atoms with van der Waals surface area (Å²) < 4.78 is 7.62. The molecular weight excluding hydrogens is 292 g/mol. The van der Waals surface area contributed by atoms with Gasteiger partial charge in [-0.25, -0.2) is 4.79 Å². The number of nitrogens with zero attached hydrogens (tertiary/aromatic N) is 2. The second kappa shape index (κ2) is 6.01. The maximum atomic E-state index is 10.7. The molecule has 0 radical (unpaired) electrons. The van der Waals surface area contributed by atoms with Gasteiger partial charge in [-0.2, -0.15) is 5.10 Å². The van der Waals surface area contributed by atoms with E-state index in [4.69, 9.17) is 21.4 Å². The molecule has 21 heavy (non-hydrogen) atoms. The first-order valence-electron chi connectivity index (χ1n) is 6.27. The average Bonchev–Trinajstić information content (AvgIpc) is 2.65. The molecule has 0 bridgehead atoms. The molecule has 1 N–H and O–H groups in total. The number of halogens is 1. The van der Waals surface area contributed by atoms with E-state index in [1.165, 1.54) is 6.08 Å². The third-order valence-electron chi connectivity index (χ3n) is 3.03. The Labute approximate surface area is 127 Å². The molecule has 2 rings (SSSR count). The highest BCUT2D eigenvalue weighted by Gasteiger charge is 2.13. The number of carbonyl (C=O) groups is 1. The van der Waals surface area contributed by atoms with Crippen molar-refractivity contribution in [1.29, 1.82) is 0 Å². The molecule has 0 fully saturated rings. The van der Waals surface area contributed by atoms with Gasteiger partial charge in [-0.05, 0) is 38.1 Å². The summed E-state index contributed by atoms with van der Waals surface area (Å²) >= 11 is 5.95. The van der Waals surface area contributed by atoms with Crippen molar-refractivity contribution in [1.82, 2.24) is 9.78 Å². The van der Waals surface area contributed by atoms with E-state index in [0.717, 1.165) is 17.5 Å². The van der Waals surface area contributed by atoms with Crippen LogP contribution in [0.2, 0.25) is 5.02 Å². The van der Waals surface area contributed by atoms with Gasteiger partial charge in [0, 0.05) is 23.7 Å². The lowest BCUT2D eigenvalue weighted by Crippen LogP contribution is -1.94. The smallest absolute Gasteiger partial charge is 0.328 e. The Bertz CT molecular complexity index is 720. The summed E-state index contributed by atoms with van der Waals surface area (Å²) in [5.41, 5.74) is 2.24. The maximum Gasteiger partial charge on any atom is 0.328 e. The van der Waals surface area contributed by atoms with Crippen LogP contribution in [0.25, 0.3) is 6.08 Å². The molecule has 0 saturated heterocycles. The lowest BCUT2D eigenvalue weighted by atomic mass is 10.2. The summed E-state index contributed by atoms with van der Waals surface area (Å²) in [7, 11) is 1.84. The fraction of sp³-hybridized carbons (Fsp3) is 0.200. The van der Waals surface area contributed by atoms with Crippen LogP contribution in [0.4, 0.5) is 0 Å². The minimum Gasteiger partial charge on any atom is -0.478 e. The summed E-state index contributed by atoms with van der Waals surface area (Å²) in [5, 5.41) is 13.5. The Kier molecular flexibility index (Phi) is 4.33. The zero-order valence-electron chi connectivity index (χ0n) is 11.9. The predicted molar refractivity (Wildman–Crippen MR) is 80.9 cm³/mol. The van der Waals surface area contributed by atoms with Gasteiger partial charge in [0.05, 0.1) is 5.69 Å². The van der Waals surface area contributed by atoms with Gasteiger partial charge in [0.1, 0.15) is 11.4 Å². The van der Waals surface area contributed by atoms with Crippen LogP contribution in [0.15, 0.2) is 24.3 Å². The Hall–Kier alpha value is -2.27. The van der Waals surface area contributed by atoms with Crippen LogP contribution in [0.3, 0.4) is 0 Å². The van der Waals surface area contributed by atoms with Gasteiger partial charge in [-0.1, -0.05) is 11.6 Å². The molecular formula is C15H15ClN2O3. The zero-order chi connectivity index (χ0) is 15.6. The van der Waals surface area contributed by atoms with E-state index in [0.29, 0.717) is 22.1 Å². The molecule has 0 aliphatic rings. The monoisotopic (exact) mass is 306 g/mol. The molecule has 110 valence electrons. The van der Waals surface area contributed by atoms with Crippen LogP contribution in [0.5, 0.6) is 11.5 Å². The van der Waals surface area contributed by atoms with Crippen molar-refractivity contribution in [3.8, 4) is 11.5 Å². The Morgan fingerprint density at radius 2 is 2.14 bits per heavy atom. The lowest BCUT2D eigenvalue weighted by Gasteiger charge is -2.09. The zero-order valence-corrected chi connectivity index (χ0v) is 12.7. The third kappa shape index (κ3) is 3.44. The third-order valence-corrected chi connectivity index (χ3v) is 3.27. The van der Waals surface area contributed by atoms with Crippen molar-refractivity contribution in [2.75, 3.05) is 0 Å². The topological polar surface area (TPSA) is 64.4 Å². The van der Waals surface area contributed by atoms with Crippen molar-refractivity contribution in [2.24, 2.45) is 7.05 Å². The number of ether oxygens (including phenoxy) is 1. The molecule has 0 aliphatic heterocycles. The van der Waals surface area contributed by atoms with Crippen molar-refractivity contribution < 1.29 is 14.6 Å². The normalized spacial score (nSPS) is 11.0. The van der Waals surface area contributed by atoms with Gasteiger partial charge in [-0.15, -0.1) is 0 Å². The fourth-order valence-corrected chi connectivity index (χ4v) is 2.10. The Morgan fingerprint density at radius 3 is 2.71 bits per heavy atom. The number of aliphatic carboxylic acids is 1. The second-order valence-corrected chi connectivity index (χ2v) is 5.02. The number of carboxylic acids is 1. The summed E-state index contributed by atoms with van der Waals surface area (Å²) in [6.45, 7) is 3.75.